The van der Waals surface area contributed by atoms with Crippen molar-refractivity contribution in [3.63, 3.8) is 0 Å². The van der Waals surface area contributed by atoms with Crippen molar-refractivity contribution in [1.29, 1.82) is 0 Å². The van der Waals surface area contributed by atoms with E-state index in [2.05, 4.69) is 15.3 Å². The molecule has 0 radical (unpaired) electrons. The number of carbonyl (C=O) groups is 1. The van der Waals surface area contributed by atoms with Gasteiger partial charge in [0.15, 0.2) is 12.4 Å². The largest absolute Gasteiger partial charge is 0.489 e. The third kappa shape index (κ3) is 4.72. The predicted molar refractivity (Wildman–Crippen MR) is 94.2 cm³/mol. The van der Waals surface area contributed by atoms with Crippen LogP contribution < -0.4 is 4.74 Å². The van der Waals surface area contributed by atoms with Crippen LogP contribution in [0.25, 0.3) is 0 Å². The Morgan fingerprint density at radius 2 is 2.00 bits per heavy atom. The lowest BCUT2D eigenvalue weighted by Gasteiger charge is -2.07. The lowest BCUT2D eigenvalue weighted by atomic mass is 10.2. The number of rotatable bonds is 8. The molecule has 2 heterocycles. The number of aryl methyl sites for hydroxylation is 3. The minimum absolute atomic E-state index is 0.0697. The molecular weight excluding hydrogens is 350 g/mol. The zero-order valence-electron chi connectivity index (χ0n) is 15.5. The Morgan fingerprint density at radius 3 is 2.74 bits per heavy atom. The van der Waals surface area contributed by atoms with Crippen LogP contribution in [0.1, 0.15) is 52.4 Å². The average molecular weight is 371 g/mol. The van der Waals surface area contributed by atoms with Gasteiger partial charge in [-0.25, -0.2) is 4.79 Å². The first-order valence-electron chi connectivity index (χ1n) is 8.70. The molecule has 3 rings (SSSR count). The minimum Gasteiger partial charge on any atom is -0.489 e. The van der Waals surface area contributed by atoms with Gasteiger partial charge in [-0.05, 0) is 38.5 Å². The van der Waals surface area contributed by atoms with Crippen LogP contribution in [0.2, 0.25) is 0 Å². The Bertz CT molecular complexity index is 896. The number of benzene rings is 1. The molecular formula is C19H21N3O5. The van der Waals surface area contributed by atoms with E-state index in [1.165, 1.54) is 0 Å². The SMILES string of the molecule is CCCc1noc(COC(=O)c2cccc(OCc3c(C)noc3C)c2)n1. The lowest BCUT2D eigenvalue weighted by Crippen LogP contribution is -2.06. The van der Waals surface area contributed by atoms with Crippen molar-refractivity contribution in [2.75, 3.05) is 0 Å². The Balaban J connectivity index is 1.58. The molecule has 0 fully saturated rings. The minimum atomic E-state index is -0.493. The monoisotopic (exact) mass is 371 g/mol. The van der Waals surface area contributed by atoms with Crippen LogP contribution in [0, 0.1) is 13.8 Å². The molecule has 8 heteroatoms. The molecule has 0 spiro atoms. The van der Waals surface area contributed by atoms with Crippen molar-refractivity contribution in [3.8, 4) is 5.75 Å². The average Bonchev–Trinajstić information content (AvgIpc) is 3.25. The molecule has 8 nitrogen and oxygen atoms in total. The fourth-order valence-corrected chi connectivity index (χ4v) is 2.46. The highest BCUT2D eigenvalue weighted by atomic mass is 16.6. The molecule has 0 aliphatic rings. The summed E-state index contributed by atoms with van der Waals surface area (Å²) >= 11 is 0. The summed E-state index contributed by atoms with van der Waals surface area (Å²) < 4.78 is 21.1. The van der Waals surface area contributed by atoms with E-state index in [1.807, 2.05) is 20.8 Å². The molecule has 0 aliphatic heterocycles. The summed E-state index contributed by atoms with van der Waals surface area (Å²) in [7, 11) is 0. The van der Waals surface area contributed by atoms with Crippen molar-refractivity contribution in [2.24, 2.45) is 0 Å². The summed E-state index contributed by atoms with van der Waals surface area (Å²) in [6.07, 6.45) is 1.64. The highest BCUT2D eigenvalue weighted by Gasteiger charge is 2.13. The van der Waals surface area contributed by atoms with E-state index >= 15 is 0 Å². The molecule has 0 atom stereocenters. The van der Waals surface area contributed by atoms with Gasteiger partial charge in [-0.15, -0.1) is 0 Å². The van der Waals surface area contributed by atoms with Crippen LogP contribution >= 0.6 is 0 Å². The van der Waals surface area contributed by atoms with Gasteiger partial charge in [-0.3, -0.25) is 0 Å². The second-order valence-corrected chi connectivity index (χ2v) is 6.05. The zero-order valence-corrected chi connectivity index (χ0v) is 15.5. The van der Waals surface area contributed by atoms with Crippen LogP contribution in [0.15, 0.2) is 33.3 Å². The van der Waals surface area contributed by atoms with Crippen LogP contribution in [0.5, 0.6) is 5.75 Å². The van der Waals surface area contributed by atoms with Gasteiger partial charge in [0, 0.05) is 6.42 Å². The van der Waals surface area contributed by atoms with E-state index in [9.17, 15) is 4.79 Å². The number of ether oxygens (including phenoxy) is 2. The molecule has 27 heavy (non-hydrogen) atoms. The van der Waals surface area contributed by atoms with Gasteiger partial charge in [0.2, 0.25) is 0 Å². The van der Waals surface area contributed by atoms with Crippen LogP contribution in [0.4, 0.5) is 0 Å². The van der Waals surface area contributed by atoms with Gasteiger partial charge >= 0.3 is 5.97 Å². The van der Waals surface area contributed by atoms with Crippen molar-refractivity contribution in [2.45, 2.75) is 46.8 Å². The molecule has 0 unspecified atom stereocenters. The normalized spacial score (nSPS) is 10.8. The molecule has 3 aromatic rings. The standard InChI is InChI=1S/C19H21N3O5/c1-4-6-17-20-18(27-22-17)11-25-19(23)14-7-5-8-15(9-14)24-10-16-12(2)21-26-13(16)3/h5,7-9H,4,6,10-11H2,1-3H3. The molecule has 1 aromatic carbocycles. The molecule has 0 N–H and O–H groups in total. The van der Waals surface area contributed by atoms with E-state index in [1.54, 1.807) is 24.3 Å². The summed E-state index contributed by atoms with van der Waals surface area (Å²) in [6.45, 7) is 5.95. The number of esters is 1. The highest BCUT2D eigenvalue weighted by molar-refractivity contribution is 5.89. The van der Waals surface area contributed by atoms with Crippen molar-refractivity contribution >= 4 is 5.97 Å². The first kappa shape index (κ1) is 18.6. The number of hydrogen-bond acceptors (Lipinski definition) is 8. The van der Waals surface area contributed by atoms with E-state index < -0.39 is 5.97 Å². The maximum atomic E-state index is 12.3. The Kier molecular flexibility index (Phi) is 5.85. The highest BCUT2D eigenvalue weighted by Crippen LogP contribution is 2.19. The van der Waals surface area contributed by atoms with Crippen molar-refractivity contribution < 1.29 is 23.3 Å². The Morgan fingerprint density at radius 1 is 1.15 bits per heavy atom. The Hall–Kier alpha value is -3.16. The molecule has 142 valence electrons. The molecule has 0 saturated carbocycles. The maximum Gasteiger partial charge on any atom is 0.338 e. The molecule has 0 bridgehead atoms. The third-order valence-corrected chi connectivity index (χ3v) is 3.94. The van der Waals surface area contributed by atoms with Crippen LogP contribution in [-0.4, -0.2) is 21.3 Å². The lowest BCUT2D eigenvalue weighted by molar-refractivity contribution is 0.0429. The fraction of sp³-hybridized carbons (Fsp3) is 0.368. The van der Waals surface area contributed by atoms with Gasteiger partial charge in [0.05, 0.1) is 16.8 Å². The van der Waals surface area contributed by atoms with Gasteiger partial charge < -0.3 is 18.5 Å². The third-order valence-electron chi connectivity index (χ3n) is 3.94. The van der Waals surface area contributed by atoms with Crippen molar-refractivity contribution in [3.05, 3.63) is 58.6 Å². The van der Waals surface area contributed by atoms with E-state index in [-0.39, 0.29) is 12.5 Å². The maximum absolute atomic E-state index is 12.3. The van der Waals surface area contributed by atoms with E-state index in [4.69, 9.17) is 18.5 Å². The number of carbonyl (C=O) groups excluding carboxylic acids is 1. The molecule has 0 saturated heterocycles. The summed E-state index contributed by atoms with van der Waals surface area (Å²) in [5.74, 6) is 1.65. The topological polar surface area (TPSA) is 100 Å². The smallest absolute Gasteiger partial charge is 0.338 e. The van der Waals surface area contributed by atoms with Crippen molar-refractivity contribution in [1.82, 2.24) is 15.3 Å². The van der Waals surface area contributed by atoms with Gasteiger partial charge in [0.25, 0.3) is 5.89 Å². The molecule has 0 aliphatic carbocycles. The van der Waals surface area contributed by atoms with Gasteiger partial charge in [0.1, 0.15) is 18.1 Å². The van der Waals surface area contributed by atoms with Gasteiger partial charge in [-0.2, -0.15) is 4.98 Å². The summed E-state index contributed by atoms with van der Waals surface area (Å²) in [5.41, 5.74) is 2.05. The molecule has 0 amide bonds. The second kappa shape index (κ2) is 8.48. The van der Waals surface area contributed by atoms with Gasteiger partial charge in [-0.1, -0.05) is 23.3 Å². The predicted octanol–water partition coefficient (Wildman–Crippen LogP) is 3.56. The summed E-state index contributed by atoms with van der Waals surface area (Å²) in [5, 5.41) is 7.72. The number of hydrogen-bond donors (Lipinski definition) is 0. The first-order chi connectivity index (χ1) is 13.1. The summed E-state index contributed by atoms with van der Waals surface area (Å²) in [4.78, 5) is 16.4. The fourth-order valence-electron chi connectivity index (χ4n) is 2.46. The van der Waals surface area contributed by atoms with Crippen LogP contribution in [0.3, 0.4) is 0 Å². The first-order valence-corrected chi connectivity index (χ1v) is 8.70. The molecule has 2 aromatic heterocycles. The van der Waals surface area contributed by atoms with E-state index in [0.29, 0.717) is 29.5 Å². The second-order valence-electron chi connectivity index (χ2n) is 6.05. The van der Waals surface area contributed by atoms with E-state index in [0.717, 1.165) is 24.1 Å². The number of aromatic nitrogens is 3. The summed E-state index contributed by atoms with van der Waals surface area (Å²) in [6, 6.07) is 6.77. The number of nitrogens with zero attached hydrogens (tertiary/aromatic N) is 3. The zero-order chi connectivity index (χ0) is 19.2. The van der Waals surface area contributed by atoms with Crippen LogP contribution in [-0.2, 0) is 24.4 Å². The Labute approximate surface area is 156 Å². The quantitative estimate of drug-likeness (QED) is 0.554.